The summed E-state index contributed by atoms with van der Waals surface area (Å²) >= 11 is 11.1. The van der Waals surface area contributed by atoms with Gasteiger partial charge in [-0.3, -0.25) is 0 Å². The average Bonchev–Trinajstić information content (AvgIpc) is 2.70. The molecule has 1 saturated heterocycles. The summed E-state index contributed by atoms with van der Waals surface area (Å²) < 4.78 is 28.1. The van der Waals surface area contributed by atoms with Gasteiger partial charge in [0.25, 0.3) is 0 Å². The van der Waals surface area contributed by atoms with Crippen LogP contribution in [0.1, 0.15) is 17.5 Å². The summed E-state index contributed by atoms with van der Waals surface area (Å²) in [4.78, 5) is 0.370. The van der Waals surface area contributed by atoms with Crippen molar-refractivity contribution in [1.29, 1.82) is 0 Å². The maximum absolute atomic E-state index is 12.8. The van der Waals surface area contributed by atoms with Crippen LogP contribution in [-0.2, 0) is 15.9 Å². The summed E-state index contributed by atoms with van der Waals surface area (Å²) in [6.07, 6.45) is 0.902. The summed E-state index contributed by atoms with van der Waals surface area (Å²) in [6, 6.07) is 3.57. The molecule has 1 aromatic rings. The zero-order chi connectivity index (χ0) is 14.8. The zero-order valence-electron chi connectivity index (χ0n) is 11.2. The Labute approximate surface area is 138 Å². The third kappa shape index (κ3) is 3.53. The van der Waals surface area contributed by atoms with Crippen molar-refractivity contribution < 1.29 is 8.42 Å². The number of hydrogen-bond acceptors (Lipinski definition) is 3. The number of nitrogens with zero attached hydrogens (tertiary/aromatic N) is 1. The first-order valence-corrected chi connectivity index (χ1v) is 10.3. The molecular weight excluding hydrogens is 382 g/mol. The topological polar surface area (TPSA) is 37.4 Å². The molecule has 7 heteroatoms. The van der Waals surface area contributed by atoms with Crippen LogP contribution in [0.25, 0.3) is 0 Å². The number of alkyl halides is 1. The van der Waals surface area contributed by atoms with Gasteiger partial charge in [0.1, 0.15) is 0 Å². The van der Waals surface area contributed by atoms with E-state index in [1.165, 1.54) is 0 Å². The summed E-state index contributed by atoms with van der Waals surface area (Å²) in [5.41, 5.74) is 1.56. The minimum absolute atomic E-state index is 0.303. The molecule has 0 spiro atoms. The third-order valence-electron chi connectivity index (χ3n) is 3.31. The lowest BCUT2D eigenvalue weighted by atomic mass is 10.2. The predicted octanol–water partition coefficient (Wildman–Crippen LogP) is 3.62. The van der Waals surface area contributed by atoms with E-state index in [4.69, 9.17) is 11.6 Å². The number of hydrogen-bond donors (Lipinski definition) is 0. The Bertz CT molecular complexity index is 584. The second-order valence-electron chi connectivity index (χ2n) is 4.70. The molecule has 2 rings (SSSR count). The van der Waals surface area contributed by atoms with Crippen LogP contribution >= 0.6 is 39.3 Å². The molecular formula is C13H17BrClNO2S2. The maximum Gasteiger partial charge on any atom is 0.243 e. The Morgan fingerprint density at radius 3 is 2.80 bits per heavy atom. The van der Waals surface area contributed by atoms with Gasteiger partial charge in [0.2, 0.25) is 10.0 Å². The fraction of sp³-hybridized carbons (Fsp3) is 0.538. The van der Waals surface area contributed by atoms with E-state index in [0.717, 1.165) is 33.5 Å². The third-order valence-corrected chi connectivity index (χ3v) is 7.52. The Morgan fingerprint density at radius 2 is 2.10 bits per heavy atom. The van der Waals surface area contributed by atoms with Gasteiger partial charge in [0, 0.05) is 29.2 Å². The van der Waals surface area contributed by atoms with Gasteiger partial charge in [0.15, 0.2) is 0 Å². The van der Waals surface area contributed by atoms with E-state index < -0.39 is 10.0 Å². The van der Waals surface area contributed by atoms with Crippen molar-refractivity contribution >= 4 is 49.3 Å². The molecule has 0 radical (unpaired) electrons. The van der Waals surface area contributed by atoms with Crippen LogP contribution in [0.2, 0.25) is 0 Å². The largest absolute Gasteiger partial charge is 0.243 e. The SMILES string of the molecule is Cc1c(Br)cc(CCl)cc1S(=O)(=O)N1CCCSCC1. The number of rotatable bonds is 3. The normalized spacial score (nSPS) is 17.9. The van der Waals surface area contributed by atoms with Crippen LogP contribution in [0.4, 0.5) is 0 Å². The van der Waals surface area contributed by atoms with Crippen molar-refractivity contribution in [3.8, 4) is 0 Å². The van der Waals surface area contributed by atoms with Crippen LogP contribution in [0.5, 0.6) is 0 Å². The molecule has 1 heterocycles. The molecule has 112 valence electrons. The second kappa shape index (κ2) is 7.01. The molecule has 0 saturated carbocycles. The van der Waals surface area contributed by atoms with Crippen LogP contribution in [0.15, 0.2) is 21.5 Å². The van der Waals surface area contributed by atoms with Crippen LogP contribution in [-0.4, -0.2) is 37.3 Å². The monoisotopic (exact) mass is 397 g/mol. The number of thioether (sulfide) groups is 1. The van der Waals surface area contributed by atoms with Gasteiger partial charge in [-0.1, -0.05) is 15.9 Å². The summed E-state index contributed by atoms with van der Waals surface area (Å²) in [5, 5.41) is 0. The standard InChI is InChI=1S/C13H17BrClNO2S2/c1-10-12(14)7-11(9-15)8-13(10)20(17,18)16-3-2-5-19-6-4-16/h7-8H,2-6,9H2,1H3. The highest BCUT2D eigenvalue weighted by molar-refractivity contribution is 9.10. The Morgan fingerprint density at radius 1 is 1.35 bits per heavy atom. The first-order chi connectivity index (χ1) is 9.46. The van der Waals surface area contributed by atoms with E-state index in [1.807, 2.05) is 24.8 Å². The number of sulfonamides is 1. The molecule has 0 aromatic heterocycles. The van der Waals surface area contributed by atoms with E-state index in [1.54, 1.807) is 10.4 Å². The quantitative estimate of drug-likeness (QED) is 0.730. The van der Waals surface area contributed by atoms with Gasteiger partial charge in [-0.15, -0.1) is 11.6 Å². The van der Waals surface area contributed by atoms with Crippen LogP contribution < -0.4 is 0 Å². The van der Waals surface area contributed by atoms with Gasteiger partial charge in [-0.05, 0) is 42.4 Å². The molecule has 20 heavy (non-hydrogen) atoms. The second-order valence-corrected chi connectivity index (χ2v) is 8.96. The minimum atomic E-state index is -3.44. The molecule has 0 atom stereocenters. The molecule has 0 N–H and O–H groups in total. The van der Waals surface area contributed by atoms with Gasteiger partial charge in [-0.2, -0.15) is 16.1 Å². The number of benzene rings is 1. The lowest BCUT2D eigenvalue weighted by molar-refractivity contribution is 0.434. The van der Waals surface area contributed by atoms with Crippen LogP contribution in [0, 0.1) is 6.92 Å². The zero-order valence-corrected chi connectivity index (χ0v) is 15.2. The van der Waals surface area contributed by atoms with Crippen molar-refractivity contribution in [1.82, 2.24) is 4.31 Å². The molecule has 1 aromatic carbocycles. The molecule has 1 aliphatic rings. The molecule has 0 amide bonds. The lowest BCUT2D eigenvalue weighted by Crippen LogP contribution is -2.33. The average molecular weight is 399 g/mol. The van der Waals surface area contributed by atoms with Gasteiger partial charge in [0.05, 0.1) is 4.90 Å². The van der Waals surface area contributed by atoms with Gasteiger partial charge >= 0.3 is 0 Å². The van der Waals surface area contributed by atoms with Crippen molar-refractivity contribution in [2.24, 2.45) is 0 Å². The van der Waals surface area contributed by atoms with Crippen molar-refractivity contribution in [3.05, 3.63) is 27.7 Å². The molecule has 0 bridgehead atoms. The first-order valence-electron chi connectivity index (χ1n) is 6.39. The highest BCUT2D eigenvalue weighted by Crippen LogP contribution is 2.29. The van der Waals surface area contributed by atoms with E-state index >= 15 is 0 Å². The maximum atomic E-state index is 12.8. The molecule has 0 aliphatic carbocycles. The highest BCUT2D eigenvalue weighted by atomic mass is 79.9. The molecule has 1 fully saturated rings. The molecule has 0 unspecified atom stereocenters. The Hall–Kier alpha value is 0.250. The Kier molecular flexibility index (Phi) is 5.82. The van der Waals surface area contributed by atoms with Crippen molar-refractivity contribution in [2.75, 3.05) is 24.6 Å². The smallest absolute Gasteiger partial charge is 0.207 e. The minimum Gasteiger partial charge on any atom is -0.207 e. The first kappa shape index (κ1) is 16.6. The lowest BCUT2D eigenvalue weighted by Gasteiger charge is -2.21. The molecule has 1 aliphatic heterocycles. The fourth-order valence-electron chi connectivity index (χ4n) is 2.15. The summed E-state index contributed by atoms with van der Waals surface area (Å²) in [5.74, 6) is 2.18. The van der Waals surface area contributed by atoms with E-state index in [9.17, 15) is 8.42 Å². The Balaban J connectivity index is 2.45. The molecule has 3 nitrogen and oxygen atoms in total. The van der Waals surface area contributed by atoms with E-state index in [-0.39, 0.29) is 0 Å². The van der Waals surface area contributed by atoms with Gasteiger partial charge < -0.3 is 0 Å². The van der Waals surface area contributed by atoms with E-state index in [2.05, 4.69) is 15.9 Å². The number of halogens is 2. The van der Waals surface area contributed by atoms with E-state index in [0.29, 0.717) is 23.9 Å². The highest BCUT2D eigenvalue weighted by Gasteiger charge is 2.27. The van der Waals surface area contributed by atoms with Gasteiger partial charge in [-0.25, -0.2) is 8.42 Å². The summed E-state index contributed by atoms with van der Waals surface area (Å²) in [6.45, 7) is 2.99. The summed E-state index contributed by atoms with van der Waals surface area (Å²) in [7, 11) is -3.44. The predicted molar refractivity (Wildman–Crippen MR) is 89.1 cm³/mol. The van der Waals surface area contributed by atoms with Crippen molar-refractivity contribution in [2.45, 2.75) is 24.1 Å². The van der Waals surface area contributed by atoms with Crippen molar-refractivity contribution in [3.63, 3.8) is 0 Å². The fourth-order valence-corrected chi connectivity index (χ4v) is 5.73. The van der Waals surface area contributed by atoms with Crippen LogP contribution in [0.3, 0.4) is 0 Å².